The molecule has 0 saturated carbocycles. The highest BCUT2D eigenvalue weighted by molar-refractivity contribution is 7.71. The Balaban J connectivity index is 1.83. The van der Waals surface area contributed by atoms with Crippen molar-refractivity contribution in [1.29, 1.82) is 0 Å². The molecule has 0 unspecified atom stereocenters. The summed E-state index contributed by atoms with van der Waals surface area (Å²) in [6.07, 6.45) is 1.35. The Labute approximate surface area is 178 Å². The summed E-state index contributed by atoms with van der Waals surface area (Å²) in [5.74, 6) is 0.770. The van der Waals surface area contributed by atoms with E-state index >= 15 is 0 Å². The van der Waals surface area contributed by atoms with Gasteiger partial charge in [0.25, 0.3) is 5.69 Å². The van der Waals surface area contributed by atoms with Crippen molar-refractivity contribution in [3.05, 3.63) is 77.7 Å². The first kappa shape index (κ1) is 20.3. The number of nitro groups is 1. The van der Waals surface area contributed by atoms with E-state index in [1.165, 1.54) is 29.1 Å². The van der Waals surface area contributed by atoms with Gasteiger partial charge in [-0.1, -0.05) is 34.8 Å². The van der Waals surface area contributed by atoms with Gasteiger partial charge in [0.05, 0.1) is 16.2 Å². The van der Waals surface area contributed by atoms with Crippen LogP contribution in [-0.2, 0) is 6.61 Å². The number of hydrogen-bond acceptors (Lipinski definition) is 6. The SMILES string of the molecule is O=[N+]([O-])c1ccc(Cl)c(/C=N/n2c(COc3ccc(Cl)cc3Cl)n[nH]c2=S)c1. The average Bonchev–Trinajstić information content (AvgIpc) is 3.00. The molecule has 0 bridgehead atoms. The summed E-state index contributed by atoms with van der Waals surface area (Å²) in [4.78, 5) is 10.4. The van der Waals surface area contributed by atoms with Gasteiger partial charge >= 0.3 is 0 Å². The van der Waals surface area contributed by atoms with Gasteiger partial charge < -0.3 is 4.74 Å². The maximum Gasteiger partial charge on any atom is 0.270 e. The molecule has 0 aliphatic rings. The number of halogens is 3. The van der Waals surface area contributed by atoms with Crippen molar-refractivity contribution in [2.75, 3.05) is 0 Å². The number of ether oxygens (including phenoxy) is 1. The van der Waals surface area contributed by atoms with E-state index in [2.05, 4.69) is 15.3 Å². The van der Waals surface area contributed by atoms with Crippen molar-refractivity contribution in [2.24, 2.45) is 5.10 Å². The van der Waals surface area contributed by atoms with Crippen LogP contribution in [0.1, 0.15) is 11.4 Å². The monoisotopic (exact) mass is 457 g/mol. The first-order valence-electron chi connectivity index (χ1n) is 7.57. The molecule has 0 aliphatic carbocycles. The fourth-order valence-corrected chi connectivity index (χ4v) is 2.96. The molecule has 0 radical (unpaired) electrons. The predicted molar refractivity (Wildman–Crippen MR) is 109 cm³/mol. The highest BCUT2D eigenvalue weighted by Crippen LogP contribution is 2.28. The van der Waals surface area contributed by atoms with E-state index in [1.54, 1.807) is 18.2 Å². The molecule has 2 aromatic carbocycles. The minimum absolute atomic E-state index is 0.00843. The summed E-state index contributed by atoms with van der Waals surface area (Å²) in [7, 11) is 0. The van der Waals surface area contributed by atoms with Crippen LogP contribution < -0.4 is 4.74 Å². The Morgan fingerprint density at radius 3 is 2.75 bits per heavy atom. The van der Waals surface area contributed by atoms with Gasteiger partial charge in [0, 0.05) is 27.7 Å². The van der Waals surface area contributed by atoms with Gasteiger partial charge in [-0.05, 0) is 36.5 Å². The Hall–Kier alpha value is -2.46. The second kappa shape index (κ2) is 8.70. The molecule has 0 aliphatic heterocycles. The van der Waals surface area contributed by atoms with Crippen LogP contribution in [-0.4, -0.2) is 26.0 Å². The molecule has 28 heavy (non-hydrogen) atoms. The summed E-state index contributed by atoms with van der Waals surface area (Å²) in [5, 5.41) is 22.9. The Bertz CT molecular complexity index is 1130. The van der Waals surface area contributed by atoms with Crippen molar-refractivity contribution in [2.45, 2.75) is 6.61 Å². The van der Waals surface area contributed by atoms with Crippen LogP contribution >= 0.6 is 47.0 Å². The Morgan fingerprint density at radius 2 is 2.04 bits per heavy atom. The van der Waals surface area contributed by atoms with Crippen molar-refractivity contribution >= 4 is 58.9 Å². The number of benzene rings is 2. The fourth-order valence-electron chi connectivity index (χ4n) is 2.13. The summed E-state index contributed by atoms with van der Waals surface area (Å²) in [6.45, 7) is 0.00843. The summed E-state index contributed by atoms with van der Waals surface area (Å²) >= 11 is 23.2. The molecule has 1 N–H and O–H groups in total. The van der Waals surface area contributed by atoms with E-state index in [4.69, 9.17) is 51.8 Å². The summed E-state index contributed by atoms with van der Waals surface area (Å²) in [6, 6.07) is 8.85. The third kappa shape index (κ3) is 4.68. The summed E-state index contributed by atoms with van der Waals surface area (Å²) < 4.78 is 7.15. The molecule has 3 aromatic rings. The van der Waals surface area contributed by atoms with Gasteiger partial charge in [0.15, 0.2) is 5.82 Å². The van der Waals surface area contributed by atoms with Crippen molar-refractivity contribution in [3.8, 4) is 5.75 Å². The number of nitro benzene ring substituents is 1. The van der Waals surface area contributed by atoms with Gasteiger partial charge in [-0.25, -0.2) is 5.10 Å². The third-order valence-electron chi connectivity index (χ3n) is 3.47. The van der Waals surface area contributed by atoms with Crippen LogP contribution in [0.5, 0.6) is 5.75 Å². The minimum atomic E-state index is -0.522. The zero-order chi connectivity index (χ0) is 20.3. The second-order valence-corrected chi connectivity index (χ2v) is 6.97. The van der Waals surface area contributed by atoms with Crippen LogP contribution in [0.2, 0.25) is 15.1 Å². The molecule has 0 fully saturated rings. The topological polar surface area (TPSA) is 98.3 Å². The van der Waals surface area contributed by atoms with Crippen LogP contribution in [0.4, 0.5) is 5.69 Å². The van der Waals surface area contributed by atoms with Gasteiger partial charge in [0.1, 0.15) is 12.4 Å². The zero-order valence-corrected chi connectivity index (χ0v) is 16.9. The molecule has 0 amide bonds. The largest absolute Gasteiger partial charge is 0.484 e. The van der Waals surface area contributed by atoms with Crippen LogP contribution in [0.15, 0.2) is 41.5 Å². The first-order valence-corrected chi connectivity index (χ1v) is 9.12. The average molecular weight is 459 g/mol. The standard InChI is InChI=1S/C16H10Cl3N5O3S/c17-10-1-4-14(13(19)6-10)27-8-15-21-22-16(28)23(15)20-7-9-5-11(24(25)26)2-3-12(9)18/h1-7H,8H2,(H,22,28)/b20-7+. The Kier molecular flexibility index (Phi) is 6.30. The van der Waals surface area contributed by atoms with Crippen LogP contribution in [0.3, 0.4) is 0 Å². The second-order valence-electron chi connectivity index (χ2n) is 5.33. The molecule has 3 rings (SSSR count). The Morgan fingerprint density at radius 1 is 1.25 bits per heavy atom. The maximum absolute atomic E-state index is 10.9. The van der Waals surface area contributed by atoms with Crippen molar-refractivity contribution < 1.29 is 9.66 Å². The number of hydrogen-bond donors (Lipinski definition) is 1. The number of rotatable bonds is 6. The molecule has 144 valence electrons. The molecule has 0 spiro atoms. The molecule has 12 heteroatoms. The number of nitrogens with zero attached hydrogens (tertiary/aromatic N) is 4. The van der Waals surface area contributed by atoms with E-state index in [0.29, 0.717) is 32.2 Å². The molecule has 0 saturated heterocycles. The van der Waals surface area contributed by atoms with E-state index in [-0.39, 0.29) is 17.1 Å². The smallest absolute Gasteiger partial charge is 0.270 e. The number of aromatic nitrogens is 3. The van der Waals surface area contributed by atoms with E-state index < -0.39 is 4.92 Å². The molecule has 0 atom stereocenters. The maximum atomic E-state index is 10.9. The highest BCUT2D eigenvalue weighted by Gasteiger charge is 2.11. The number of nitrogens with one attached hydrogen (secondary N) is 1. The van der Waals surface area contributed by atoms with Gasteiger partial charge in [-0.3, -0.25) is 10.1 Å². The quantitative estimate of drug-likeness (QED) is 0.235. The number of non-ortho nitro benzene ring substituents is 1. The van der Waals surface area contributed by atoms with Gasteiger partial charge in [-0.2, -0.15) is 14.9 Å². The first-order chi connectivity index (χ1) is 13.3. The summed E-state index contributed by atoms with van der Waals surface area (Å²) in [5.41, 5.74) is 0.245. The molecule has 8 nitrogen and oxygen atoms in total. The normalized spacial score (nSPS) is 11.1. The van der Waals surface area contributed by atoms with Gasteiger partial charge in [0.2, 0.25) is 4.77 Å². The lowest BCUT2D eigenvalue weighted by Gasteiger charge is -2.07. The zero-order valence-electron chi connectivity index (χ0n) is 13.8. The lowest BCUT2D eigenvalue weighted by atomic mass is 10.2. The highest BCUT2D eigenvalue weighted by atomic mass is 35.5. The minimum Gasteiger partial charge on any atom is -0.484 e. The fraction of sp³-hybridized carbons (Fsp3) is 0.0625. The molecule has 1 aromatic heterocycles. The van der Waals surface area contributed by atoms with E-state index in [0.717, 1.165) is 0 Å². The molecular formula is C16H10Cl3N5O3S. The van der Waals surface area contributed by atoms with Gasteiger partial charge in [-0.15, -0.1) is 0 Å². The predicted octanol–water partition coefficient (Wildman–Crippen LogP) is 5.27. The van der Waals surface area contributed by atoms with Crippen molar-refractivity contribution in [3.63, 3.8) is 0 Å². The number of H-pyrrole nitrogens is 1. The molecular weight excluding hydrogens is 449 g/mol. The van der Waals surface area contributed by atoms with Crippen LogP contribution in [0, 0.1) is 14.9 Å². The van der Waals surface area contributed by atoms with E-state index in [9.17, 15) is 10.1 Å². The third-order valence-corrected chi connectivity index (χ3v) is 4.61. The lowest BCUT2D eigenvalue weighted by molar-refractivity contribution is -0.384. The van der Waals surface area contributed by atoms with Crippen LogP contribution in [0.25, 0.3) is 0 Å². The van der Waals surface area contributed by atoms with Crippen molar-refractivity contribution in [1.82, 2.24) is 14.9 Å². The lowest BCUT2D eigenvalue weighted by Crippen LogP contribution is -2.04. The number of aromatic amines is 1. The van der Waals surface area contributed by atoms with E-state index in [1.807, 2.05) is 0 Å². The molecule has 1 heterocycles.